The highest BCUT2D eigenvalue weighted by molar-refractivity contribution is 7.92. The summed E-state index contributed by atoms with van der Waals surface area (Å²) < 4.78 is 60.9. The summed E-state index contributed by atoms with van der Waals surface area (Å²) in [6, 6.07) is 10.8. The molecule has 31 heavy (non-hydrogen) atoms. The molecule has 0 spiro atoms. The first-order chi connectivity index (χ1) is 14.5. The second-order valence-corrected chi connectivity index (χ2v) is 11.5. The highest BCUT2D eigenvalue weighted by Crippen LogP contribution is 2.30. The molecule has 1 aliphatic heterocycles. The maximum absolute atomic E-state index is 13.0. The van der Waals surface area contributed by atoms with Gasteiger partial charge in [-0.05, 0) is 54.9 Å². The second-order valence-electron chi connectivity index (χ2n) is 7.90. The molecule has 1 fully saturated rings. The summed E-state index contributed by atoms with van der Waals surface area (Å²) in [7, 11) is -4.17. The van der Waals surface area contributed by atoms with E-state index in [0.717, 1.165) is 5.56 Å². The first-order valence-corrected chi connectivity index (χ1v) is 13.0. The number of methoxy groups -OCH3 is 1. The SMILES string of the molecule is COc1ccc(C(C)C)cc1S(=O)(=O)Nc1ccc(S(=O)(=O)N2CCN(C)CC2)cc1. The number of likely N-dealkylation sites (N-methyl/N-ethyl adjacent to an activating group) is 1. The maximum Gasteiger partial charge on any atom is 0.265 e. The van der Waals surface area contributed by atoms with E-state index in [1.165, 1.54) is 35.7 Å². The van der Waals surface area contributed by atoms with Crippen molar-refractivity contribution in [2.24, 2.45) is 0 Å². The third-order valence-corrected chi connectivity index (χ3v) is 8.67. The topological polar surface area (TPSA) is 96.0 Å². The number of hydrogen-bond donors (Lipinski definition) is 1. The fourth-order valence-electron chi connectivity index (χ4n) is 3.35. The fourth-order valence-corrected chi connectivity index (χ4v) is 6.03. The van der Waals surface area contributed by atoms with Crippen LogP contribution in [0.3, 0.4) is 0 Å². The van der Waals surface area contributed by atoms with E-state index in [9.17, 15) is 16.8 Å². The standard InChI is InChI=1S/C21H29N3O5S2/c1-16(2)17-5-10-20(29-4)21(15-17)30(25,26)22-18-6-8-19(9-7-18)31(27,28)24-13-11-23(3)12-14-24/h5-10,15-16,22H,11-14H2,1-4H3. The number of rotatable bonds is 7. The summed E-state index contributed by atoms with van der Waals surface area (Å²) in [5.41, 5.74) is 1.14. The van der Waals surface area contributed by atoms with Crippen molar-refractivity contribution in [3.8, 4) is 5.75 Å². The Morgan fingerprint density at radius 1 is 0.935 bits per heavy atom. The molecule has 0 atom stereocenters. The lowest BCUT2D eigenvalue weighted by Crippen LogP contribution is -2.46. The Morgan fingerprint density at radius 2 is 1.55 bits per heavy atom. The minimum atomic E-state index is -3.93. The Hall–Kier alpha value is -2.14. The van der Waals surface area contributed by atoms with Gasteiger partial charge in [0, 0.05) is 31.9 Å². The monoisotopic (exact) mass is 467 g/mol. The van der Waals surface area contributed by atoms with Crippen molar-refractivity contribution >= 4 is 25.7 Å². The number of anilines is 1. The molecule has 0 radical (unpaired) electrons. The van der Waals surface area contributed by atoms with Crippen molar-refractivity contribution in [3.05, 3.63) is 48.0 Å². The molecule has 1 heterocycles. The molecular weight excluding hydrogens is 438 g/mol. The number of sulfonamides is 2. The number of nitrogens with one attached hydrogen (secondary N) is 1. The molecule has 170 valence electrons. The molecule has 0 unspecified atom stereocenters. The van der Waals surface area contributed by atoms with Crippen LogP contribution in [0.25, 0.3) is 0 Å². The van der Waals surface area contributed by atoms with Gasteiger partial charge in [0.2, 0.25) is 10.0 Å². The Morgan fingerprint density at radius 3 is 2.10 bits per heavy atom. The van der Waals surface area contributed by atoms with Gasteiger partial charge in [-0.25, -0.2) is 16.8 Å². The van der Waals surface area contributed by atoms with E-state index in [2.05, 4.69) is 9.62 Å². The van der Waals surface area contributed by atoms with Crippen LogP contribution < -0.4 is 9.46 Å². The smallest absolute Gasteiger partial charge is 0.265 e. The lowest BCUT2D eigenvalue weighted by Gasteiger charge is -2.31. The Labute approximate surface area is 184 Å². The maximum atomic E-state index is 13.0. The number of ether oxygens (including phenoxy) is 1. The van der Waals surface area contributed by atoms with Crippen LogP contribution in [0.5, 0.6) is 5.75 Å². The molecule has 10 heteroatoms. The summed E-state index contributed by atoms with van der Waals surface area (Å²) in [5, 5.41) is 0. The number of hydrogen-bond acceptors (Lipinski definition) is 6. The molecule has 2 aromatic rings. The third kappa shape index (κ3) is 5.20. The summed E-state index contributed by atoms with van der Waals surface area (Å²) in [4.78, 5) is 2.25. The van der Waals surface area contributed by atoms with Gasteiger partial charge in [0.25, 0.3) is 10.0 Å². The Bertz CT molecular complexity index is 1120. The Kier molecular flexibility index (Phi) is 6.95. The van der Waals surface area contributed by atoms with Gasteiger partial charge in [0.1, 0.15) is 10.6 Å². The minimum absolute atomic E-state index is 0.0373. The zero-order chi connectivity index (χ0) is 22.8. The van der Waals surface area contributed by atoms with Crippen LogP contribution in [0.15, 0.2) is 52.3 Å². The normalized spacial score (nSPS) is 16.4. The summed E-state index contributed by atoms with van der Waals surface area (Å²) >= 11 is 0. The van der Waals surface area contributed by atoms with Crippen molar-refractivity contribution in [1.29, 1.82) is 0 Å². The second kappa shape index (κ2) is 9.15. The van der Waals surface area contributed by atoms with E-state index >= 15 is 0 Å². The molecule has 8 nitrogen and oxygen atoms in total. The van der Waals surface area contributed by atoms with Crippen molar-refractivity contribution in [2.45, 2.75) is 29.6 Å². The zero-order valence-corrected chi connectivity index (χ0v) is 19.8. The molecule has 0 bridgehead atoms. The molecule has 3 rings (SSSR count). The Balaban J connectivity index is 1.83. The van der Waals surface area contributed by atoms with Gasteiger partial charge in [0.05, 0.1) is 12.0 Å². The van der Waals surface area contributed by atoms with Crippen LogP contribution in [0.4, 0.5) is 5.69 Å². The van der Waals surface area contributed by atoms with E-state index in [4.69, 9.17) is 4.74 Å². The van der Waals surface area contributed by atoms with Gasteiger partial charge in [-0.2, -0.15) is 4.31 Å². The summed E-state index contributed by atoms with van der Waals surface area (Å²) in [6.07, 6.45) is 0. The van der Waals surface area contributed by atoms with Crippen molar-refractivity contribution in [1.82, 2.24) is 9.21 Å². The molecule has 0 aromatic heterocycles. The summed E-state index contributed by atoms with van der Waals surface area (Å²) in [5.74, 6) is 0.394. The molecule has 1 N–H and O–H groups in total. The van der Waals surface area contributed by atoms with Crippen LogP contribution >= 0.6 is 0 Å². The van der Waals surface area contributed by atoms with Crippen LogP contribution in [0.1, 0.15) is 25.3 Å². The molecule has 0 saturated carbocycles. The highest BCUT2D eigenvalue weighted by atomic mass is 32.2. The predicted molar refractivity (Wildman–Crippen MR) is 121 cm³/mol. The number of nitrogens with zero attached hydrogens (tertiary/aromatic N) is 2. The van der Waals surface area contributed by atoms with Gasteiger partial charge in [-0.15, -0.1) is 0 Å². The van der Waals surface area contributed by atoms with Crippen molar-refractivity contribution < 1.29 is 21.6 Å². The molecule has 1 saturated heterocycles. The first kappa shape index (κ1) is 23.5. The molecule has 0 amide bonds. The van der Waals surface area contributed by atoms with Gasteiger partial charge < -0.3 is 9.64 Å². The predicted octanol–water partition coefficient (Wildman–Crippen LogP) is 2.56. The van der Waals surface area contributed by atoms with Gasteiger partial charge >= 0.3 is 0 Å². The molecule has 2 aromatic carbocycles. The lowest BCUT2D eigenvalue weighted by atomic mass is 10.0. The zero-order valence-electron chi connectivity index (χ0n) is 18.2. The van der Waals surface area contributed by atoms with E-state index in [0.29, 0.717) is 26.2 Å². The number of benzene rings is 2. The average molecular weight is 468 g/mol. The minimum Gasteiger partial charge on any atom is -0.495 e. The van der Waals surface area contributed by atoms with Crippen LogP contribution in [0.2, 0.25) is 0 Å². The average Bonchev–Trinajstić information content (AvgIpc) is 2.73. The molecular formula is C21H29N3O5S2. The first-order valence-electron chi connectivity index (χ1n) is 10.0. The molecule has 0 aliphatic carbocycles. The third-order valence-electron chi connectivity index (χ3n) is 5.35. The van der Waals surface area contributed by atoms with Crippen LogP contribution in [0, 0.1) is 0 Å². The number of piperazine rings is 1. The van der Waals surface area contributed by atoms with E-state index in [1.54, 1.807) is 12.1 Å². The largest absolute Gasteiger partial charge is 0.495 e. The van der Waals surface area contributed by atoms with Crippen molar-refractivity contribution in [3.63, 3.8) is 0 Å². The van der Waals surface area contributed by atoms with E-state index in [-0.39, 0.29) is 27.1 Å². The quantitative estimate of drug-likeness (QED) is 0.672. The van der Waals surface area contributed by atoms with Crippen LogP contribution in [-0.2, 0) is 20.0 Å². The van der Waals surface area contributed by atoms with E-state index in [1.807, 2.05) is 27.0 Å². The van der Waals surface area contributed by atoms with E-state index < -0.39 is 20.0 Å². The van der Waals surface area contributed by atoms with Gasteiger partial charge in [0.15, 0.2) is 0 Å². The lowest BCUT2D eigenvalue weighted by molar-refractivity contribution is 0.222. The fraction of sp³-hybridized carbons (Fsp3) is 0.429. The summed E-state index contributed by atoms with van der Waals surface area (Å²) in [6.45, 7) is 6.16. The molecule has 1 aliphatic rings. The van der Waals surface area contributed by atoms with Gasteiger partial charge in [-0.3, -0.25) is 4.72 Å². The van der Waals surface area contributed by atoms with Crippen LogP contribution in [-0.4, -0.2) is 66.4 Å². The highest BCUT2D eigenvalue weighted by Gasteiger charge is 2.27. The van der Waals surface area contributed by atoms with Crippen molar-refractivity contribution in [2.75, 3.05) is 45.1 Å². The van der Waals surface area contributed by atoms with Gasteiger partial charge in [-0.1, -0.05) is 19.9 Å².